The number of halogens is 3. The SMILES string of the molecule is CC(CCl)C(C)Nc1ncc(Cl)cc1F. The second-order valence-electron chi connectivity index (χ2n) is 3.55. The van der Waals surface area contributed by atoms with E-state index in [1.54, 1.807) is 0 Å². The summed E-state index contributed by atoms with van der Waals surface area (Å²) >= 11 is 11.3. The maximum absolute atomic E-state index is 13.3. The van der Waals surface area contributed by atoms with Crippen molar-refractivity contribution in [2.75, 3.05) is 11.2 Å². The summed E-state index contributed by atoms with van der Waals surface area (Å²) in [4.78, 5) is 3.87. The number of hydrogen-bond acceptors (Lipinski definition) is 2. The fraction of sp³-hybridized carbons (Fsp3) is 0.500. The van der Waals surface area contributed by atoms with E-state index in [-0.39, 0.29) is 22.8 Å². The van der Waals surface area contributed by atoms with Crippen LogP contribution in [0.4, 0.5) is 10.2 Å². The Balaban J connectivity index is 2.72. The zero-order chi connectivity index (χ0) is 11.4. The zero-order valence-electron chi connectivity index (χ0n) is 8.60. The van der Waals surface area contributed by atoms with Crippen molar-refractivity contribution in [2.24, 2.45) is 5.92 Å². The molecule has 0 aliphatic heterocycles. The van der Waals surface area contributed by atoms with Crippen LogP contribution in [0.3, 0.4) is 0 Å². The van der Waals surface area contributed by atoms with Gasteiger partial charge in [0.05, 0.1) is 5.02 Å². The van der Waals surface area contributed by atoms with Crippen LogP contribution >= 0.6 is 23.2 Å². The first-order chi connectivity index (χ1) is 7.04. The third-order valence-electron chi connectivity index (χ3n) is 2.27. The Morgan fingerprint density at radius 3 is 2.73 bits per heavy atom. The molecular formula is C10H13Cl2FN2. The van der Waals surface area contributed by atoms with E-state index in [9.17, 15) is 4.39 Å². The van der Waals surface area contributed by atoms with E-state index < -0.39 is 5.82 Å². The highest BCUT2D eigenvalue weighted by molar-refractivity contribution is 6.30. The van der Waals surface area contributed by atoms with Gasteiger partial charge in [0, 0.05) is 18.1 Å². The molecule has 0 fully saturated rings. The normalized spacial score (nSPS) is 14.7. The molecule has 0 aliphatic carbocycles. The van der Waals surface area contributed by atoms with E-state index >= 15 is 0 Å². The number of alkyl halides is 1. The fourth-order valence-corrected chi connectivity index (χ4v) is 1.42. The predicted molar refractivity (Wildman–Crippen MR) is 62.2 cm³/mol. The number of anilines is 1. The summed E-state index contributed by atoms with van der Waals surface area (Å²) in [6.07, 6.45) is 1.41. The lowest BCUT2D eigenvalue weighted by Gasteiger charge is -2.19. The molecule has 2 nitrogen and oxygen atoms in total. The van der Waals surface area contributed by atoms with E-state index in [4.69, 9.17) is 23.2 Å². The first kappa shape index (κ1) is 12.5. The second-order valence-corrected chi connectivity index (χ2v) is 4.29. The molecule has 1 aromatic heterocycles. The lowest BCUT2D eigenvalue weighted by molar-refractivity contribution is 0.554. The largest absolute Gasteiger partial charge is 0.365 e. The molecule has 2 atom stereocenters. The molecule has 2 unspecified atom stereocenters. The smallest absolute Gasteiger partial charge is 0.166 e. The monoisotopic (exact) mass is 250 g/mol. The topological polar surface area (TPSA) is 24.9 Å². The Labute approximate surface area is 98.8 Å². The minimum Gasteiger partial charge on any atom is -0.365 e. The number of aromatic nitrogens is 1. The predicted octanol–water partition coefficient (Wildman–Crippen LogP) is 3.55. The molecule has 1 heterocycles. The van der Waals surface area contributed by atoms with E-state index in [1.807, 2.05) is 13.8 Å². The summed E-state index contributed by atoms with van der Waals surface area (Å²) in [6.45, 7) is 3.92. The van der Waals surface area contributed by atoms with Gasteiger partial charge in [-0.15, -0.1) is 11.6 Å². The lowest BCUT2D eigenvalue weighted by Crippen LogP contribution is -2.25. The van der Waals surface area contributed by atoms with E-state index in [0.717, 1.165) is 0 Å². The van der Waals surface area contributed by atoms with Gasteiger partial charge in [-0.2, -0.15) is 0 Å². The third-order valence-corrected chi connectivity index (χ3v) is 2.96. The fourth-order valence-electron chi connectivity index (χ4n) is 1.01. The van der Waals surface area contributed by atoms with Gasteiger partial charge in [0.2, 0.25) is 0 Å². The van der Waals surface area contributed by atoms with Gasteiger partial charge in [0.1, 0.15) is 0 Å². The zero-order valence-corrected chi connectivity index (χ0v) is 10.1. The number of nitrogens with one attached hydrogen (secondary N) is 1. The van der Waals surface area contributed by atoms with Crippen LogP contribution in [0.5, 0.6) is 0 Å². The van der Waals surface area contributed by atoms with Crippen molar-refractivity contribution in [1.29, 1.82) is 0 Å². The average Bonchev–Trinajstić information content (AvgIpc) is 2.20. The minimum absolute atomic E-state index is 0.0608. The van der Waals surface area contributed by atoms with Gasteiger partial charge in [-0.3, -0.25) is 0 Å². The molecular weight excluding hydrogens is 238 g/mol. The molecule has 1 aromatic rings. The molecule has 0 saturated carbocycles. The molecule has 15 heavy (non-hydrogen) atoms. The second kappa shape index (κ2) is 5.52. The number of rotatable bonds is 4. The molecule has 0 bridgehead atoms. The Bertz CT molecular complexity index is 333. The number of nitrogens with zero attached hydrogens (tertiary/aromatic N) is 1. The van der Waals surface area contributed by atoms with Gasteiger partial charge < -0.3 is 5.32 Å². The number of pyridine rings is 1. The van der Waals surface area contributed by atoms with Crippen LogP contribution in [0.2, 0.25) is 5.02 Å². The van der Waals surface area contributed by atoms with Crippen molar-refractivity contribution >= 4 is 29.0 Å². The Morgan fingerprint density at radius 2 is 2.20 bits per heavy atom. The Morgan fingerprint density at radius 1 is 1.53 bits per heavy atom. The van der Waals surface area contributed by atoms with E-state index in [2.05, 4.69) is 10.3 Å². The molecule has 0 amide bonds. The van der Waals surface area contributed by atoms with Crippen molar-refractivity contribution in [1.82, 2.24) is 4.98 Å². The standard InChI is InChI=1S/C10H13Cl2FN2/c1-6(4-11)7(2)15-10-9(13)3-8(12)5-14-10/h3,5-7H,4H2,1-2H3,(H,14,15). The van der Waals surface area contributed by atoms with Crippen LogP contribution in [-0.4, -0.2) is 16.9 Å². The van der Waals surface area contributed by atoms with Crippen LogP contribution in [0.1, 0.15) is 13.8 Å². The lowest BCUT2D eigenvalue weighted by atomic mass is 10.1. The highest BCUT2D eigenvalue weighted by Gasteiger charge is 2.13. The van der Waals surface area contributed by atoms with Crippen molar-refractivity contribution in [2.45, 2.75) is 19.9 Å². The molecule has 84 valence electrons. The molecule has 0 aromatic carbocycles. The van der Waals surface area contributed by atoms with Gasteiger partial charge in [-0.25, -0.2) is 9.37 Å². The molecule has 0 saturated heterocycles. The summed E-state index contributed by atoms with van der Waals surface area (Å²) in [6, 6.07) is 1.29. The highest BCUT2D eigenvalue weighted by atomic mass is 35.5. The summed E-state index contributed by atoms with van der Waals surface area (Å²) < 4.78 is 13.3. The summed E-state index contributed by atoms with van der Waals surface area (Å²) in [5.41, 5.74) is 0. The average molecular weight is 251 g/mol. The maximum Gasteiger partial charge on any atom is 0.166 e. The van der Waals surface area contributed by atoms with Crippen molar-refractivity contribution < 1.29 is 4.39 Å². The highest BCUT2D eigenvalue weighted by Crippen LogP contribution is 2.18. The minimum atomic E-state index is -0.448. The first-order valence-corrected chi connectivity index (χ1v) is 5.59. The van der Waals surface area contributed by atoms with Crippen molar-refractivity contribution in [3.05, 3.63) is 23.1 Å². The third kappa shape index (κ3) is 3.50. The van der Waals surface area contributed by atoms with Crippen LogP contribution < -0.4 is 5.32 Å². The molecule has 1 N–H and O–H groups in total. The first-order valence-electron chi connectivity index (χ1n) is 4.68. The molecule has 0 spiro atoms. The van der Waals surface area contributed by atoms with E-state index in [1.165, 1.54) is 12.3 Å². The van der Waals surface area contributed by atoms with Crippen LogP contribution in [-0.2, 0) is 0 Å². The van der Waals surface area contributed by atoms with Gasteiger partial charge >= 0.3 is 0 Å². The van der Waals surface area contributed by atoms with Crippen molar-refractivity contribution in [3.8, 4) is 0 Å². The van der Waals surface area contributed by atoms with Crippen LogP contribution in [0, 0.1) is 11.7 Å². The quantitative estimate of drug-likeness (QED) is 0.828. The van der Waals surface area contributed by atoms with Gasteiger partial charge in [-0.05, 0) is 18.9 Å². The van der Waals surface area contributed by atoms with Gasteiger partial charge in [0.15, 0.2) is 11.6 Å². The summed E-state index contributed by atoms with van der Waals surface area (Å²) in [5.74, 6) is 0.521. The van der Waals surface area contributed by atoms with Crippen molar-refractivity contribution in [3.63, 3.8) is 0 Å². The van der Waals surface area contributed by atoms with Crippen LogP contribution in [0.15, 0.2) is 12.3 Å². The molecule has 0 radical (unpaired) electrons. The Kier molecular flexibility index (Phi) is 4.61. The molecule has 0 aliphatic rings. The Hall–Kier alpha value is -0.540. The van der Waals surface area contributed by atoms with Gasteiger partial charge in [0.25, 0.3) is 0 Å². The van der Waals surface area contributed by atoms with Gasteiger partial charge in [-0.1, -0.05) is 18.5 Å². The van der Waals surface area contributed by atoms with Crippen LogP contribution in [0.25, 0.3) is 0 Å². The summed E-state index contributed by atoms with van der Waals surface area (Å²) in [5, 5.41) is 3.25. The van der Waals surface area contributed by atoms with E-state index in [0.29, 0.717) is 5.88 Å². The maximum atomic E-state index is 13.3. The molecule has 5 heteroatoms. The summed E-state index contributed by atoms with van der Waals surface area (Å²) in [7, 11) is 0. The molecule has 1 rings (SSSR count). The number of hydrogen-bond donors (Lipinski definition) is 1.